The fourth-order valence-electron chi connectivity index (χ4n) is 3.73. The quantitative estimate of drug-likeness (QED) is 0.793. The second kappa shape index (κ2) is 7.33. The number of halogens is 2. The molecule has 1 saturated heterocycles. The lowest BCUT2D eigenvalue weighted by Gasteiger charge is -2.24. The number of ether oxygens (including phenoxy) is 1. The highest BCUT2D eigenvalue weighted by molar-refractivity contribution is 6.32. The lowest BCUT2D eigenvalue weighted by molar-refractivity contribution is -0.918. The number of Topliss-reactive ketones (excluding diaryl/α,β-unsaturated/α-hetero) is 1. The molecule has 0 spiro atoms. The van der Waals surface area contributed by atoms with Gasteiger partial charge in [0.25, 0.3) is 0 Å². The van der Waals surface area contributed by atoms with E-state index in [-0.39, 0.29) is 27.9 Å². The van der Waals surface area contributed by atoms with Gasteiger partial charge in [-0.05, 0) is 49.6 Å². The van der Waals surface area contributed by atoms with Gasteiger partial charge in [-0.1, -0.05) is 17.7 Å². The Bertz CT molecular complexity index is 915. The van der Waals surface area contributed by atoms with Crippen molar-refractivity contribution >= 4 is 23.5 Å². The number of fused-ring (bicyclic) bond motifs is 1. The number of hydrogen-bond acceptors (Lipinski definition) is 3. The molecular weight excluding hydrogens is 369 g/mol. The second-order valence-electron chi connectivity index (χ2n) is 7.00. The maximum absolute atomic E-state index is 14.1. The minimum absolute atomic E-state index is 0.0116. The number of carbonyl (C=O) groups is 1. The Morgan fingerprint density at radius 3 is 2.70 bits per heavy atom. The van der Waals surface area contributed by atoms with Crippen molar-refractivity contribution in [2.75, 3.05) is 13.1 Å². The molecule has 0 bridgehead atoms. The number of hydrogen-bond donors (Lipinski definition) is 2. The largest absolute Gasteiger partial charge is 0.507 e. The average molecular weight is 389 g/mol. The third kappa shape index (κ3) is 3.45. The SMILES string of the molecule is O=C1/C(=C\c2c(F)cccc2Cl)Oc2c1ccc(O)c2C[NH+]1CCCCC1. The van der Waals surface area contributed by atoms with Gasteiger partial charge in [-0.3, -0.25) is 4.79 Å². The van der Waals surface area contributed by atoms with Crippen LogP contribution in [0.5, 0.6) is 11.5 Å². The number of rotatable bonds is 3. The number of nitrogens with one attached hydrogen (secondary N) is 1. The number of likely N-dealkylation sites (tertiary alicyclic amines) is 1. The number of quaternary nitrogens is 1. The van der Waals surface area contributed by atoms with Crippen molar-refractivity contribution in [2.45, 2.75) is 25.8 Å². The molecule has 0 aromatic heterocycles. The Morgan fingerprint density at radius 1 is 1.19 bits per heavy atom. The molecule has 27 heavy (non-hydrogen) atoms. The molecule has 0 unspecified atom stereocenters. The van der Waals surface area contributed by atoms with Gasteiger partial charge in [-0.25, -0.2) is 4.39 Å². The molecule has 2 heterocycles. The van der Waals surface area contributed by atoms with Gasteiger partial charge in [-0.15, -0.1) is 0 Å². The zero-order chi connectivity index (χ0) is 19.0. The summed E-state index contributed by atoms with van der Waals surface area (Å²) < 4.78 is 19.9. The van der Waals surface area contributed by atoms with Crippen molar-refractivity contribution in [3.63, 3.8) is 0 Å². The van der Waals surface area contributed by atoms with Gasteiger partial charge in [0.05, 0.1) is 29.2 Å². The third-order valence-electron chi connectivity index (χ3n) is 5.18. The number of piperidine rings is 1. The summed E-state index contributed by atoms with van der Waals surface area (Å²) in [6.07, 6.45) is 4.87. The highest BCUT2D eigenvalue weighted by Gasteiger charge is 2.33. The van der Waals surface area contributed by atoms with Crippen molar-refractivity contribution in [3.8, 4) is 11.5 Å². The molecule has 2 aromatic rings. The summed E-state index contributed by atoms with van der Waals surface area (Å²) in [5.41, 5.74) is 1.13. The van der Waals surface area contributed by atoms with Gasteiger partial charge < -0.3 is 14.7 Å². The normalized spacial score (nSPS) is 18.6. The molecule has 2 aliphatic rings. The van der Waals surface area contributed by atoms with Crippen LogP contribution < -0.4 is 9.64 Å². The number of allylic oxidation sites excluding steroid dienone is 1. The monoisotopic (exact) mass is 388 g/mol. The predicted octanol–water partition coefficient (Wildman–Crippen LogP) is 3.37. The Balaban J connectivity index is 1.69. The molecule has 6 heteroatoms. The predicted molar refractivity (Wildman–Crippen MR) is 101 cm³/mol. The first-order chi connectivity index (χ1) is 13.0. The molecule has 2 aromatic carbocycles. The van der Waals surface area contributed by atoms with Crippen molar-refractivity contribution in [1.29, 1.82) is 0 Å². The number of ketones is 1. The minimum atomic E-state index is -0.525. The summed E-state index contributed by atoms with van der Waals surface area (Å²) in [5.74, 6) is -0.360. The molecule has 0 aliphatic carbocycles. The lowest BCUT2D eigenvalue weighted by Crippen LogP contribution is -3.11. The zero-order valence-electron chi connectivity index (χ0n) is 14.7. The van der Waals surface area contributed by atoms with Crippen LogP contribution in [0.25, 0.3) is 6.08 Å². The number of benzene rings is 2. The van der Waals surface area contributed by atoms with Crippen LogP contribution in [0.15, 0.2) is 36.1 Å². The lowest BCUT2D eigenvalue weighted by atomic mass is 10.0. The van der Waals surface area contributed by atoms with Gasteiger partial charge in [0.15, 0.2) is 11.5 Å². The molecule has 0 amide bonds. The number of aromatic hydroxyl groups is 1. The smallest absolute Gasteiger partial charge is 0.231 e. The molecule has 2 N–H and O–H groups in total. The molecule has 1 fully saturated rings. The summed E-state index contributed by atoms with van der Waals surface area (Å²) in [6, 6.07) is 7.41. The van der Waals surface area contributed by atoms with E-state index in [4.69, 9.17) is 16.3 Å². The summed E-state index contributed by atoms with van der Waals surface area (Å²) in [4.78, 5) is 14.1. The highest BCUT2D eigenvalue weighted by Crippen LogP contribution is 2.39. The van der Waals surface area contributed by atoms with Crippen molar-refractivity contribution in [1.82, 2.24) is 0 Å². The topological polar surface area (TPSA) is 51.0 Å². The standard InChI is InChI=1S/C21H19ClFNO3/c22-16-5-4-6-17(23)14(16)11-19-20(26)13-7-8-18(25)15(21(13)27-19)12-24-9-2-1-3-10-24/h4-8,11,25H,1-3,9-10,12H2/p+1/b19-11+. The van der Waals surface area contributed by atoms with Gasteiger partial charge in [0, 0.05) is 5.56 Å². The van der Waals surface area contributed by atoms with E-state index < -0.39 is 5.82 Å². The molecule has 4 rings (SSSR count). The highest BCUT2D eigenvalue weighted by atomic mass is 35.5. The minimum Gasteiger partial charge on any atom is -0.507 e. The Labute approximate surface area is 161 Å². The first-order valence-corrected chi connectivity index (χ1v) is 9.49. The van der Waals surface area contributed by atoms with Crippen LogP contribution in [-0.2, 0) is 6.54 Å². The number of carbonyl (C=O) groups excluding carboxylic acids is 1. The first-order valence-electron chi connectivity index (χ1n) is 9.11. The molecular formula is C21H20ClFNO3+. The summed E-state index contributed by atoms with van der Waals surface area (Å²) >= 11 is 6.06. The zero-order valence-corrected chi connectivity index (χ0v) is 15.5. The molecule has 0 saturated carbocycles. The van der Waals surface area contributed by atoms with E-state index >= 15 is 0 Å². The van der Waals surface area contributed by atoms with Gasteiger partial charge >= 0.3 is 0 Å². The Morgan fingerprint density at radius 2 is 1.96 bits per heavy atom. The van der Waals surface area contributed by atoms with Crippen LogP contribution in [0.4, 0.5) is 4.39 Å². The third-order valence-corrected chi connectivity index (χ3v) is 5.51. The van der Waals surface area contributed by atoms with Gasteiger partial charge in [0.1, 0.15) is 18.1 Å². The van der Waals surface area contributed by atoms with Crippen LogP contribution in [0, 0.1) is 5.82 Å². The van der Waals surface area contributed by atoms with E-state index in [1.807, 2.05) is 0 Å². The molecule has 2 aliphatic heterocycles. The Hall–Kier alpha value is -2.37. The fourth-order valence-corrected chi connectivity index (χ4v) is 3.94. The number of phenolic OH excluding ortho intramolecular Hbond substituents is 1. The van der Waals surface area contributed by atoms with Crippen LogP contribution in [0.1, 0.15) is 40.7 Å². The molecule has 0 radical (unpaired) electrons. The van der Waals surface area contributed by atoms with Crippen LogP contribution in [-0.4, -0.2) is 24.0 Å². The van der Waals surface area contributed by atoms with Crippen molar-refractivity contribution < 1.29 is 23.9 Å². The molecule has 140 valence electrons. The molecule has 0 atom stereocenters. The summed E-state index contributed by atoms with van der Waals surface area (Å²) in [6.45, 7) is 2.66. The Kier molecular flexibility index (Phi) is 4.89. The van der Waals surface area contributed by atoms with Crippen molar-refractivity contribution in [2.24, 2.45) is 0 Å². The summed E-state index contributed by atoms with van der Waals surface area (Å²) in [7, 11) is 0. The van der Waals surface area contributed by atoms with E-state index in [0.717, 1.165) is 25.9 Å². The van der Waals surface area contributed by atoms with Crippen LogP contribution in [0.3, 0.4) is 0 Å². The van der Waals surface area contributed by atoms with E-state index in [1.54, 1.807) is 12.1 Å². The van der Waals surface area contributed by atoms with E-state index in [0.29, 0.717) is 23.4 Å². The maximum atomic E-state index is 14.1. The maximum Gasteiger partial charge on any atom is 0.231 e. The van der Waals surface area contributed by atoms with Crippen molar-refractivity contribution in [3.05, 3.63) is 63.6 Å². The van der Waals surface area contributed by atoms with E-state index in [9.17, 15) is 14.3 Å². The fraction of sp³-hybridized carbons (Fsp3) is 0.286. The second-order valence-corrected chi connectivity index (χ2v) is 7.41. The van der Waals surface area contributed by atoms with Gasteiger partial charge in [-0.2, -0.15) is 0 Å². The van der Waals surface area contributed by atoms with E-state index in [2.05, 4.69) is 0 Å². The average Bonchev–Trinajstić information content (AvgIpc) is 2.98. The van der Waals surface area contributed by atoms with Crippen LogP contribution in [0.2, 0.25) is 5.02 Å². The molecule has 4 nitrogen and oxygen atoms in total. The van der Waals surface area contributed by atoms with Crippen LogP contribution >= 0.6 is 11.6 Å². The first kappa shape index (κ1) is 18.0. The number of phenols is 1. The summed E-state index contributed by atoms with van der Waals surface area (Å²) in [5, 5.41) is 10.6. The van der Waals surface area contributed by atoms with Gasteiger partial charge in [0.2, 0.25) is 5.78 Å². The van der Waals surface area contributed by atoms with E-state index in [1.165, 1.54) is 35.6 Å².